The maximum Gasteiger partial charge on any atom is 0.289 e. The van der Waals surface area contributed by atoms with Crippen LogP contribution in [0.25, 0.3) is 11.3 Å². The Labute approximate surface area is 159 Å². The molecule has 2 N–H and O–H groups in total. The van der Waals surface area contributed by atoms with E-state index < -0.39 is 10.8 Å². The number of carbonyl (C=O) groups is 1. The maximum absolute atomic E-state index is 12.3. The molecule has 3 rings (SSSR count). The van der Waals surface area contributed by atoms with Gasteiger partial charge in [-0.2, -0.15) is 10.2 Å². The molecule has 1 amide bonds. The summed E-state index contributed by atoms with van der Waals surface area (Å²) in [6.45, 7) is 1.64. The van der Waals surface area contributed by atoms with Crippen molar-refractivity contribution in [3.63, 3.8) is 0 Å². The number of nitro benzene ring substituents is 1. The second-order valence-corrected chi connectivity index (χ2v) is 6.00. The number of aromatic nitrogens is 2. The van der Waals surface area contributed by atoms with E-state index >= 15 is 0 Å². The molecule has 0 aliphatic rings. The number of hydrogen-bond acceptors (Lipinski definition) is 5. The van der Waals surface area contributed by atoms with Crippen molar-refractivity contribution >= 4 is 28.9 Å². The van der Waals surface area contributed by atoms with E-state index in [1.54, 1.807) is 43.3 Å². The number of nitrogens with one attached hydrogen (secondary N) is 2. The number of benzene rings is 2. The molecule has 0 atom stereocenters. The van der Waals surface area contributed by atoms with Crippen molar-refractivity contribution in [3.05, 3.63) is 81.0 Å². The summed E-state index contributed by atoms with van der Waals surface area (Å²) < 4.78 is 0. The largest absolute Gasteiger partial charge is 0.289 e. The number of nitro groups is 1. The highest BCUT2D eigenvalue weighted by atomic mass is 35.5. The zero-order valence-corrected chi connectivity index (χ0v) is 14.9. The maximum atomic E-state index is 12.3. The van der Waals surface area contributed by atoms with E-state index in [4.69, 9.17) is 11.6 Å². The molecule has 0 unspecified atom stereocenters. The van der Waals surface area contributed by atoms with Gasteiger partial charge in [-0.15, -0.1) is 0 Å². The van der Waals surface area contributed by atoms with Crippen LogP contribution in [0.4, 0.5) is 5.69 Å². The van der Waals surface area contributed by atoms with Gasteiger partial charge in [0.2, 0.25) is 0 Å². The monoisotopic (exact) mass is 383 g/mol. The number of H-pyrrole nitrogens is 1. The van der Waals surface area contributed by atoms with Gasteiger partial charge >= 0.3 is 0 Å². The van der Waals surface area contributed by atoms with E-state index in [1.807, 2.05) is 6.07 Å². The number of hydrazone groups is 1. The fourth-order valence-corrected chi connectivity index (χ4v) is 2.58. The third kappa shape index (κ3) is 4.18. The Morgan fingerprint density at radius 1 is 1.22 bits per heavy atom. The molecule has 27 heavy (non-hydrogen) atoms. The van der Waals surface area contributed by atoms with Gasteiger partial charge in [-0.1, -0.05) is 41.9 Å². The summed E-state index contributed by atoms with van der Waals surface area (Å²) in [5.41, 5.74) is 4.75. The zero-order chi connectivity index (χ0) is 19.4. The van der Waals surface area contributed by atoms with Crippen LogP contribution in [0.3, 0.4) is 0 Å². The second kappa shape index (κ2) is 7.79. The lowest BCUT2D eigenvalue weighted by Gasteiger charge is -2.02. The molecule has 0 aliphatic carbocycles. The highest BCUT2D eigenvalue weighted by Crippen LogP contribution is 2.26. The standard InChI is InChI=1S/C18H14ClN5O3/c1-11(12-5-4-6-13(9-12)24(26)27)20-23-18(25)17-10-16(21-22-17)14-7-2-3-8-15(14)19/h2-10H,1H3,(H,21,22)(H,23,25)/b20-11+. The number of carbonyl (C=O) groups excluding carboxylic acids is 1. The minimum Gasteiger partial charge on any atom is -0.272 e. The average Bonchev–Trinajstić information content (AvgIpc) is 3.16. The first-order chi connectivity index (χ1) is 13.0. The summed E-state index contributed by atoms with van der Waals surface area (Å²) in [7, 11) is 0. The molecule has 0 saturated heterocycles. The quantitative estimate of drug-likeness (QED) is 0.396. The smallest absolute Gasteiger partial charge is 0.272 e. The predicted molar refractivity (Wildman–Crippen MR) is 102 cm³/mol. The zero-order valence-electron chi connectivity index (χ0n) is 14.1. The summed E-state index contributed by atoms with van der Waals surface area (Å²) in [5.74, 6) is -0.495. The number of aromatic amines is 1. The minimum atomic E-state index is -0.495. The molecule has 0 saturated carbocycles. The van der Waals surface area contributed by atoms with E-state index in [0.29, 0.717) is 27.6 Å². The molecule has 136 valence electrons. The van der Waals surface area contributed by atoms with Crippen molar-refractivity contribution in [1.29, 1.82) is 0 Å². The highest BCUT2D eigenvalue weighted by molar-refractivity contribution is 6.33. The van der Waals surface area contributed by atoms with E-state index in [9.17, 15) is 14.9 Å². The number of nitrogens with zero attached hydrogens (tertiary/aromatic N) is 3. The van der Waals surface area contributed by atoms with E-state index in [0.717, 1.165) is 0 Å². The first kappa shape index (κ1) is 18.3. The van der Waals surface area contributed by atoms with Crippen LogP contribution < -0.4 is 5.43 Å². The van der Waals surface area contributed by atoms with Crippen LogP contribution in [-0.2, 0) is 0 Å². The number of rotatable bonds is 5. The van der Waals surface area contributed by atoms with Crippen LogP contribution in [0.15, 0.2) is 59.7 Å². The first-order valence-electron chi connectivity index (χ1n) is 7.85. The molecule has 0 fully saturated rings. The third-order valence-electron chi connectivity index (χ3n) is 3.77. The molecule has 8 nitrogen and oxygen atoms in total. The van der Waals surface area contributed by atoms with Gasteiger partial charge in [0.1, 0.15) is 5.69 Å². The summed E-state index contributed by atoms with van der Waals surface area (Å²) in [5, 5.41) is 22.1. The van der Waals surface area contributed by atoms with Gasteiger partial charge in [-0.25, -0.2) is 5.43 Å². The number of hydrogen-bond donors (Lipinski definition) is 2. The molecule has 2 aromatic carbocycles. The average molecular weight is 384 g/mol. The van der Waals surface area contributed by atoms with Crippen LogP contribution in [0.2, 0.25) is 5.02 Å². The number of halogens is 1. The van der Waals surface area contributed by atoms with Gasteiger partial charge in [0, 0.05) is 23.3 Å². The lowest BCUT2D eigenvalue weighted by atomic mass is 10.1. The van der Waals surface area contributed by atoms with Crippen molar-refractivity contribution < 1.29 is 9.72 Å². The molecule has 0 spiro atoms. The number of non-ortho nitro benzene ring substituents is 1. The SMILES string of the molecule is C/C(=N\NC(=O)c1cc(-c2ccccc2Cl)n[nH]1)c1cccc([N+](=O)[O-])c1. The molecule has 1 heterocycles. The van der Waals surface area contributed by atoms with Crippen molar-refractivity contribution in [1.82, 2.24) is 15.6 Å². The van der Waals surface area contributed by atoms with Crippen molar-refractivity contribution in [2.75, 3.05) is 0 Å². The normalized spacial score (nSPS) is 11.3. The summed E-state index contributed by atoms with van der Waals surface area (Å²) in [6, 6.07) is 14.7. The fourth-order valence-electron chi connectivity index (χ4n) is 2.35. The van der Waals surface area contributed by atoms with Crippen LogP contribution in [0.5, 0.6) is 0 Å². The fraction of sp³-hybridized carbons (Fsp3) is 0.0556. The van der Waals surface area contributed by atoms with Crippen molar-refractivity contribution in [3.8, 4) is 11.3 Å². The highest BCUT2D eigenvalue weighted by Gasteiger charge is 2.13. The minimum absolute atomic E-state index is 0.0497. The lowest BCUT2D eigenvalue weighted by molar-refractivity contribution is -0.384. The van der Waals surface area contributed by atoms with Gasteiger partial charge in [0.05, 0.1) is 21.4 Å². The lowest BCUT2D eigenvalue weighted by Crippen LogP contribution is -2.19. The van der Waals surface area contributed by atoms with Gasteiger partial charge in [0.25, 0.3) is 11.6 Å². The molecule has 0 radical (unpaired) electrons. The van der Waals surface area contributed by atoms with E-state index in [2.05, 4.69) is 20.7 Å². The summed E-state index contributed by atoms with van der Waals surface area (Å²) in [6.07, 6.45) is 0. The van der Waals surface area contributed by atoms with Crippen LogP contribution in [0.1, 0.15) is 23.0 Å². The summed E-state index contributed by atoms with van der Waals surface area (Å²) in [4.78, 5) is 22.6. The predicted octanol–water partition coefficient (Wildman–Crippen LogP) is 3.79. The Morgan fingerprint density at radius 3 is 2.74 bits per heavy atom. The molecule has 1 aromatic heterocycles. The second-order valence-electron chi connectivity index (χ2n) is 5.59. The van der Waals surface area contributed by atoms with Crippen LogP contribution >= 0.6 is 11.6 Å². The molecule has 0 aliphatic heterocycles. The van der Waals surface area contributed by atoms with Gasteiger partial charge < -0.3 is 0 Å². The van der Waals surface area contributed by atoms with Crippen molar-refractivity contribution in [2.45, 2.75) is 6.92 Å². The first-order valence-corrected chi connectivity index (χ1v) is 8.23. The Bertz CT molecular complexity index is 1040. The van der Waals surface area contributed by atoms with Crippen molar-refractivity contribution in [2.24, 2.45) is 5.10 Å². The Kier molecular flexibility index (Phi) is 5.28. The topological polar surface area (TPSA) is 113 Å². The molecule has 9 heteroatoms. The Balaban J connectivity index is 1.74. The van der Waals surface area contributed by atoms with Gasteiger partial charge in [-0.05, 0) is 19.1 Å². The number of amides is 1. The molecule has 0 bridgehead atoms. The molecule has 3 aromatic rings. The van der Waals surface area contributed by atoms with Gasteiger partial charge in [-0.3, -0.25) is 20.0 Å². The third-order valence-corrected chi connectivity index (χ3v) is 4.10. The molecular weight excluding hydrogens is 370 g/mol. The molecular formula is C18H14ClN5O3. The van der Waals surface area contributed by atoms with E-state index in [1.165, 1.54) is 12.1 Å². The Hall–Kier alpha value is -3.52. The summed E-state index contributed by atoms with van der Waals surface area (Å²) >= 11 is 6.13. The Morgan fingerprint density at radius 2 is 2.00 bits per heavy atom. The van der Waals surface area contributed by atoms with Crippen LogP contribution in [-0.4, -0.2) is 26.7 Å². The van der Waals surface area contributed by atoms with E-state index in [-0.39, 0.29) is 11.4 Å². The van der Waals surface area contributed by atoms with Crippen LogP contribution in [0, 0.1) is 10.1 Å². The van der Waals surface area contributed by atoms with Gasteiger partial charge in [0.15, 0.2) is 0 Å².